The second kappa shape index (κ2) is 3.54. The van der Waals surface area contributed by atoms with Crippen molar-refractivity contribution in [1.82, 2.24) is 4.90 Å². The highest BCUT2D eigenvalue weighted by molar-refractivity contribution is 5.78. The lowest BCUT2D eigenvalue weighted by atomic mass is 9.77. The number of hydrogen-bond donors (Lipinski definition) is 0. The van der Waals surface area contributed by atoms with Crippen molar-refractivity contribution in [2.75, 3.05) is 19.7 Å². The molecule has 2 fully saturated rings. The van der Waals surface area contributed by atoms with Gasteiger partial charge in [0.25, 0.3) is 0 Å². The Labute approximate surface area is 85.4 Å². The van der Waals surface area contributed by atoms with Crippen molar-refractivity contribution in [2.45, 2.75) is 39.2 Å². The molecule has 0 atom stereocenters. The molecule has 0 N–H and O–H groups in total. The number of carbonyl (C=O) groups excluding carboxylic acids is 1. The van der Waals surface area contributed by atoms with Gasteiger partial charge in [-0.15, -0.1) is 0 Å². The zero-order chi connectivity index (χ0) is 10.2. The van der Waals surface area contributed by atoms with Crippen LogP contribution >= 0.6 is 0 Å². The summed E-state index contributed by atoms with van der Waals surface area (Å²) < 4.78 is 5.08. The van der Waals surface area contributed by atoms with E-state index in [9.17, 15) is 4.79 Å². The van der Waals surface area contributed by atoms with Gasteiger partial charge in [0.2, 0.25) is 0 Å². The summed E-state index contributed by atoms with van der Waals surface area (Å²) >= 11 is 0. The lowest BCUT2D eigenvalue weighted by molar-refractivity contribution is -0.148. The summed E-state index contributed by atoms with van der Waals surface area (Å²) in [7, 11) is 0. The number of rotatable bonds is 1. The number of esters is 1. The smallest absolute Gasteiger partial charge is 0.312 e. The summed E-state index contributed by atoms with van der Waals surface area (Å²) in [6.07, 6.45) is 2.92. The lowest BCUT2D eigenvalue weighted by Gasteiger charge is -2.38. The van der Waals surface area contributed by atoms with Crippen molar-refractivity contribution in [2.24, 2.45) is 5.41 Å². The van der Waals surface area contributed by atoms with Crippen LogP contribution in [-0.4, -0.2) is 36.6 Å². The Balaban J connectivity index is 1.98. The molecule has 2 rings (SSSR count). The molecule has 0 amide bonds. The molecular formula is C11H19NO2. The Morgan fingerprint density at radius 1 is 1.29 bits per heavy atom. The zero-order valence-corrected chi connectivity index (χ0v) is 9.08. The molecule has 2 aliphatic rings. The third-order valence-electron chi connectivity index (χ3n) is 3.73. The highest BCUT2D eigenvalue weighted by atomic mass is 16.5. The molecule has 0 unspecified atom stereocenters. The number of likely N-dealkylation sites (tertiary alicyclic amines) is 1. The van der Waals surface area contributed by atoms with Gasteiger partial charge in [0.15, 0.2) is 0 Å². The van der Waals surface area contributed by atoms with E-state index in [1.807, 2.05) is 0 Å². The summed E-state index contributed by atoms with van der Waals surface area (Å²) in [6.45, 7) is 7.16. The number of carbonyl (C=O) groups is 1. The largest absolute Gasteiger partial charge is 0.465 e. The van der Waals surface area contributed by atoms with Crippen molar-refractivity contribution < 1.29 is 9.53 Å². The van der Waals surface area contributed by atoms with Crippen LogP contribution in [0.25, 0.3) is 0 Å². The van der Waals surface area contributed by atoms with Crippen molar-refractivity contribution in [3.05, 3.63) is 0 Å². The third kappa shape index (κ3) is 1.54. The molecule has 2 heterocycles. The van der Waals surface area contributed by atoms with Crippen LogP contribution in [0.4, 0.5) is 0 Å². The van der Waals surface area contributed by atoms with E-state index in [-0.39, 0.29) is 11.4 Å². The molecule has 2 aliphatic heterocycles. The molecule has 14 heavy (non-hydrogen) atoms. The van der Waals surface area contributed by atoms with Gasteiger partial charge in [-0.3, -0.25) is 4.79 Å². The van der Waals surface area contributed by atoms with Crippen molar-refractivity contribution in [3.8, 4) is 0 Å². The second-order valence-electron chi connectivity index (χ2n) is 4.80. The molecule has 0 aromatic rings. The van der Waals surface area contributed by atoms with Crippen LogP contribution in [0.15, 0.2) is 0 Å². The minimum absolute atomic E-state index is 0.0564. The van der Waals surface area contributed by atoms with Crippen LogP contribution in [0.2, 0.25) is 0 Å². The first-order valence-corrected chi connectivity index (χ1v) is 5.55. The third-order valence-corrected chi connectivity index (χ3v) is 3.73. The molecule has 3 nitrogen and oxygen atoms in total. The maximum atomic E-state index is 11.6. The highest BCUT2D eigenvalue weighted by Crippen LogP contribution is 2.40. The highest BCUT2D eigenvalue weighted by Gasteiger charge is 2.46. The summed E-state index contributed by atoms with van der Waals surface area (Å²) in [4.78, 5) is 14.0. The van der Waals surface area contributed by atoms with E-state index in [4.69, 9.17) is 4.74 Å². The van der Waals surface area contributed by atoms with Gasteiger partial charge >= 0.3 is 5.97 Å². The fraction of sp³-hybridized carbons (Fsp3) is 0.909. The predicted octanol–water partition coefficient (Wildman–Crippen LogP) is 1.42. The van der Waals surface area contributed by atoms with Gasteiger partial charge in [0.1, 0.15) is 0 Å². The molecule has 0 aromatic heterocycles. The zero-order valence-electron chi connectivity index (χ0n) is 9.08. The van der Waals surface area contributed by atoms with Crippen LogP contribution in [0.3, 0.4) is 0 Å². The first-order valence-electron chi connectivity index (χ1n) is 5.55. The molecule has 0 radical (unpaired) electrons. The molecule has 0 aliphatic carbocycles. The Morgan fingerprint density at radius 2 is 1.93 bits per heavy atom. The van der Waals surface area contributed by atoms with Crippen LogP contribution in [0.1, 0.15) is 33.1 Å². The molecule has 0 bridgehead atoms. The van der Waals surface area contributed by atoms with Crippen molar-refractivity contribution >= 4 is 5.97 Å². The number of piperidine rings is 1. The first-order chi connectivity index (χ1) is 6.64. The minimum Gasteiger partial charge on any atom is -0.465 e. The molecule has 3 heteroatoms. The standard InChI is InChI=1S/C11H19NO2/c1-9(2)12-6-3-11(4-7-12)5-8-14-10(11)13/h9H,3-8H2,1-2H3. The van der Waals surface area contributed by atoms with Gasteiger partial charge in [0, 0.05) is 6.04 Å². The fourth-order valence-electron chi connectivity index (χ4n) is 2.52. The Bertz CT molecular complexity index is 229. The number of hydrogen-bond acceptors (Lipinski definition) is 3. The van der Waals surface area contributed by atoms with E-state index >= 15 is 0 Å². The first kappa shape index (κ1) is 9.97. The average molecular weight is 197 g/mol. The second-order valence-corrected chi connectivity index (χ2v) is 4.80. The monoisotopic (exact) mass is 197 g/mol. The van der Waals surface area contributed by atoms with Crippen LogP contribution in [-0.2, 0) is 9.53 Å². The summed E-state index contributed by atoms with van der Waals surface area (Å²) in [5, 5.41) is 0. The Hall–Kier alpha value is -0.570. The van der Waals surface area contributed by atoms with Gasteiger partial charge in [-0.05, 0) is 46.2 Å². The molecule has 1 spiro atoms. The van der Waals surface area contributed by atoms with E-state index in [1.54, 1.807) is 0 Å². The van der Waals surface area contributed by atoms with Crippen LogP contribution < -0.4 is 0 Å². The number of ether oxygens (including phenoxy) is 1. The van der Waals surface area contributed by atoms with Gasteiger partial charge in [-0.2, -0.15) is 0 Å². The minimum atomic E-state index is -0.106. The lowest BCUT2D eigenvalue weighted by Crippen LogP contribution is -2.45. The SMILES string of the molecule is CC(C)N1CCC2(CCOC2=O)CC1. The summed E-state index contributed by atoms with van der Waals surface area (Å²) in [5.74, 6) is 0.0564. The molecular weight excluding hydrogens is 178 g/mol. The van der Waals surface area contributed by atoms with E-state index in [1.165, 1.54) is 0 Å². The van der Waals surface area contributed by atoms with E-state index in [0.717, 1.165) is 32.4 Å². The Morgan fingerprint density at radius 3 is 2.36 bits per heavy atom. The quantitative estimate of drug-likeness (QED) is 0.595. The Kier molecular flexibility index (Phi) is 2.52. The van der Waals surface area contributed by atoms with Crippen molar-refractivity contribution in [1.29, 1.82) is 0 Å². The van der Waals surface area contributed by atoms with E-state index in [2.05, 4.69) is 18.7 Å². The van der Waals surface area contributed by atoms with Crippen molar-refractivity contribution in [3.63, 3.8) is 0 Å². The molecule has 0 saturated carbocycles. The van der Waals surface area contributed by atoms with Gasteiger partial charge in [0.05, 0.1) is 12.0 Å². The van der Waals surface area contributed by atoms with Crippen LogP contribution in [0, 0.1) is 5.41 Å². The maximum absolute atomic E-state index is 11.6. The summed E-state index contributed by atoms with van der Waals surface area (Å²) in [5.41, 5.74) is -0.106. The molecule has 80 valence electrons. The van der Waals surface area contributed by atoms with E-state index < -0.39 is 0 Å². The van der Waals surface area contributed by atoms with E-state index in [0.29, 0.717) is 12.6 Å². The molecule has 2 saturated heterocycles. The average Bonchev–Trinajstić information content (AvgIpc) is 2.49. The summed E-state index contributed by atoms with van der Waals surface area (Å²) in [6, 6.07) is 0.602. The van der Waals surface area contributed by atoms with Gasteiger partial charge in [-0.1, -0.05) is 0 Å². The topological polar surface area (TPSA) is 29.5 Å². The predicted molar refractivity (Wildman–Crippen MR) is 54.0 cm³/mol. The number of cyclic esters (lactones) is 1. The molecule has 0 aromatic carbocycles. The maximum Gasteiger partial charge on any atom is 0.312 e. The van der Waals surface area contributed by atoms with Crippen LogP contribution in [0.5, 0.6) is 0 Å². The fourth-order valence-corrected chi connectivity index (χ4v) is 2.52. The normalized spacial score (nSPS) is 27.2. The van der Waals surface area contributed by atoms with Gasteiger partial charge < -0.3 is 9.64 Å². The number of nitrogens with zero attached hydrogens (tertiary/aromatic N) is 1. The van der Waals surface area contributed by atoms with Gasteiger partial charge in [-0.25, -0.2) is 0 Å².